The first-order chi connectivity index (χ1) is 17.1. The van der Waals surface area contributed by atoms with Gasteiger partial charge in [0, 0.05) is 30.6 Å². The van der Waals surface area contributed by atoms with E-state index in [1.54, 1.807) is 0 Å². The summed E-state index contributed by atoms with van der Waals surface area (Å²) in [7, 11) is 0. The van der Waals surface area contributed by atoms with Crippen molar-refractivity contribution < 1.29 is 9.18 Å². The van der Waals surface area contributed by atoms with Crippen LogP contribution in [0.2, 0.25) is 5.02 Å². The third-order valence-electron chi connectivity index (χ3n) is 6.66. The lowest BCUT2D eigenvalue weighted by Crippen LogP contribution is -2.42. The van der Waals surface area contributed by atoms with Gasteiger partial charge in [0.05, 0.1) is 17.6 Å². The van der Waals surface area contributed by atoms with E-state index in [2.05, 4.69) is 20.9 Å². The molecule has 7 heteroatoms. The molecule has 5 rings (SSSR count). The van der Waals surface area contributed by atoms with E-state index in [0.717, 1.165) is 65.5 Å². The molecule has 1 aliphatic heterocycles. The minimum Gasteiger partial charge on any atom is -0.356 e. The first-order valence-electron chi connectivity index (χ1n) is 12.0. The Balaban J connectivity index is 1.23. The number of nitrogens with one attached hydrogen (secondary N) is 1. The van der Waals surface area contributed by atoms with E-state index in [-0.39, 0.29) is 17.6 Å². The van der Waals surface area contributed by atoms with Gasteiger partial charge in [0.1, 0.15) is 5.82 Å². The topological polar surface area (TPSA) is 50.2 Å². The predicted molar refractivity (Wildman–Crippen MR) is 138 cm³/mol. The SMILES string of the molecule is O=C(NCCc1ccc(Cl)cc1)C1CCN(c2nc3ccccc3n2Cc2ccc(F)cc2)CC1. The van der Waals surface area contributed by atoms with Gasteiger partial charge in [-0.1, -0.05) is 48.0 Å². The summed E-state index contributed by atoms with van der Waals surface area (Å²) >= 11 is 5.94. The Kier molecular flexibility index (Phi) is 7.00. The molecule has 0 unspecified atom stereocenters. The van der Waals surface area contributed by atoms with Gasteiger partial charge in [0.25, 0.3) is 0 Å². The second-order valence-electron chi connectivity index (χ2n) is 9.04. The molecule has 1 aliphatic rings. The second kappa shape index (κ2) is 10.5. The van der Waals surface area contributed by atoms with Crippen LogP contribution >= 0.6 is 11.6 Å². The van der Waals surface area contributed by atoms with Crippen LogP contribution in [-0.2, 0) is 17.8 Å². The average molecular weight is 491 g/mol. The molecule has 3 aromatic carbocycles. The maximum Gasteiger partial charge on any atom is 0.223 e. The van der Waals surface area contributed by atoms with Gasteiger partial charge in [-0.3, -0.25) is 4.79 Å². The third-order valence-corrected chi connectivity index (χ3v) is 6.92. The Labute approximate surface area is 209 Å². The number of aromatic nitrogens is 2. The molecule has 1 amide bonds. The number of piperidine rings is 1. The first kappa shape index (κ1) is 23.4. The fourth-order valence-electron chi connectivity index (χ4n) is 4.70. The smallest absolute Gasteiger partial charge is 0.223 e. The Bertz CT molecular complexity index is 1300. The highest BCUT2D eigenvalue weighted by Gasteiger charge is 2.27. The number of benzene rings is 3. The molecule has 180 valence electrons. The third kappa shape index (κ3) is 5.49. The van der Waals surface area contributed by atoms with E-state index >= 15 is 0 Å². The van der Waals surface area contributed by atoms with Crippen molar-refractivity contribution in [3.05, 3.63) is 94.8 Å². The van der Waals surface area contributed by atoms with Crippen LogP contribution in [0.15, 0.2) is 72.8 Å². The summed E-state index contributed by atoms with van der Waals surface area (Å²) in [6.45, 7) is 2.76. The summed E-state index contributed by atoms with van der Waals surface area (Å²) in [6, 6.07) is 22.4. The molecule has 1 aromatic heterocycles. The fraction of sp³-hybridized carbons (Fsp3) is 0.286. The molecule has 0 atom stereocenters. The van der Waals surface area contributed by atoms with Crippen LogP contribution in [0.4, 0.5) is 10.3 Å². The van der Waals surface area contributed by atoms with Crippen molar-refractivity contribution in [2.45, 2.75) is 25.8 Å². The Morgan fingerprint density at radius 2 is 1.66 bits per heavy atom. The number of fused-ring (bicyclic) bond motifs is 1. The van der Waals surface area contributed by atoms with E-state index in [1.807, 2.05) is 54.6 Å². The molecule has 1 fully saturated rings. The minimum absolute atomic E-state index is 0.00592. The van der Waals surface area contributed by atoms with E-state index in [1.165, 1.54) is 12.1 Å². The molecule has 1 saturated heterocycles. The molecule has 0 bridgehead atoms. The molecule has 0 aliphatic carbocycles. The highest BCUT2D eigenvalue weighted by atomic mass is 35.5. The number of carbonyl (C=O) groups is 1. The van der Waals surface area contributed by atoms with E-state index < -0.39 is 0 Å². The van der Waals surface area contributed by atoms with Gasteiger partial charge in [-0.15, -0.1) is 0 Å². The van der Waals surface area contributed by atoms with Crippen LogP contribution in [0.1, 0.15) is 24.0 Å². The van der Waals surface area contributed by atoms with Crippen molar-refractivity contribution in [1.29, 1.82) is 0 Å². The van der Waals surface area contributed by atoms with Gasteiger partial charge in [-0.05, 0) is 66.8 Å². The van der Waals surface area contributed by atoms with Crippen LogP contribution in [-0.4, -0.2) is 35.1 Å². The number of hydrogen-bond donors (Lipinski definition) is 1. The molecule has 0 radical (unpaired) electrons. The zero-order valence-corrected chi connectivity index (χ0v) is 20.2. The van der Waals surface area contributed by atoms with Crippen molar-refractivity contribution in [3.63, 3.8) is 0 Å². The fourth-order valence-corrected chi connectivity index (χ4v) is 4.83. The molecule has 4 aromatic rings. The number of imidazole rings is 1. The molecular formula is C28H28ClFN4O. The lowest BCUT2D eigenvalue weighted by Gasteiger charge is -2.32. The summed E-state index contributed by atoms with van der Waals surface area (Å²) in [5.41, 5.74) is 4.16. The molecule has 1 N–H and O–H groups in total. The number of amides is 1. The predicted octanol–water partition coefficient (Wildman–Crippen LogP) is 5.45. The highest BCUT2D eigenvalue weighted by molar-refractivity contribution is 6.30. The summed E-state index contributed by atoms with van der Waals surface area (Å²) < 4.78 is 15.6. The van der Waals surface area contributed by atoms with E-state index in [4.69, 9.17) is 16.6 Å². The lowest BCUT2D eigenvalue weighted by atomic mass is 9.96. The van der Waals surface area contributed by atoms with Crippen molar-refractivity contribution in [2.75, 3.05) is 24.5 Å². The Hall–Kier alpha value is -3.38. The summed E-state index contributed by atoms with van der Waals surface area (Å²) in [5.74, 6) is 0.792. The van der Waals surface area contributed by atoms with Crippen molar-refractivity contribution in [1.82, 2.24) is 14.9 Å². The summed E-state index contributed by atoms with van der Waals surface area (Å²) in [4.78, 5) is 19.9. The molecule has 35 heavy (non-hydrogen) atoms. The van der Waals surface area contributed by atoms with E-state index in [0.29, 0.717) is 13.1 Å². The van der Waals surface area contributed by atoms with Gasteiger partial charge in [0.2, 0.25) is 11.9 Å². The molecule has 5 nitrogen and oxygen atoms in total. The number of para-hydroxylation sites is 2. The number of halogens is 2. The number of carbonyl (C=O) groups excluding carboxylic acids is 1. The van der Waals surface area contributed by atoms with Crippen LogP contribution in [0.5, 0.6) is 0 Å². The van der Waals surface area contributed by atoms with Crippen LogP contribution in [0, 0.1) is 11.7 Å². The van der Waals surface area contributed by atoms with Gasteiger partial charge in [-0.2, -0.15) is 0 Å². The second-order valence-corrected chi connectivity index (χ2v) is 9.48. The number of nitrogens with zero attached hydrogens (tertiary/aromatic N) is 3. The normalized spacial score (nSPS) is 14.4. The van der Waals surface area contributed by atoms with Gasteiger partial charge in [-0.25, -0.2) is 9.37 Å². The summed E-state index contributed by atoms with van der Waals surface area (Å²) in [5, 5.41) is 3.82. The first-order valence-corrected chi connectivity index (χ1v) is 12.4. The largest absolute Gasteiger partial charge is 0.356 e. The quantitative estimate of drug-likeness (QED) is 0.374. The van der Waals surface area contributed by atoms with Gasteiger partial charge < -0.3 is 14.8 Å². The molecule has 0 saturated carbocycles. The van der Waals surface area contributed by atoms with Gasteiger partial charge in [0.15, 0.2) is 0 Å². The Morgan fingerprint density at radius 1 is 0.971 bits per heavy atom. The lowest BCUT2D eigenvalue weighted by molar-refractivity contribution is -0.125. The minimum atomic E-state index is -0.238. The van der Waals surface area contributed by atoms with Crippen LogP contribution in [0.3, 0.4) is 0 Å². The number of hydrogen-bond acceptors (Lipinski definition) is 3. The summed E-state index contributed by atoms with van der Waals surface area (Å²) in [6.07, 6.45) is 2.36. The number of anilines is 1. The zero-order valence-electron chi connectivity index (χ0n) is 19.5. The van der Waals surface area contributed by atoms with Crippen LogP contribution in [0.25, 0.3) is 11.0 Å². The van der Waals surface area contributed by atoms with Crippen LogP contribution < -0.4 is 10.2 Å². The number of rotatable bonds is 7. The maximum absolute atomic E-state index is 13.4. The maximum atomic E-state index is 13.4. The average Bonchev–Trinajstić information content (AvgIpc) is 3.25. The zero-order chi connectivity index (χ0) is 24.2. The van der Waals surface area contributed by atoms with Crippen molar-refractivity contribution in [3.8, 4) is 0 Å². The molecular weight excluding hydrogens is 463 g/mol. The highest BCUT2D eigenvalue weighted by Crippen LogP contribution is 2.28. The molecule has 2 heterocycles. The van der Waals surface area contributed by atoms with Gasteiger partial charge >= 0.3 is 0 Å². The van der Waals surface area contributed by atoms with E-state index in [9.17, 15) is 9.18 Å². The monoisotopic (exact) mass is 490 g/mol. The molecule has 0 spiro atoms. The van der Waals surface area contributed by atoms with Crippen molar-refractivity contribution in [2.24, 2.45) is 5.92 Å². The Morgan fingerprint density at radius 3 is 2.40 bits per heavy atom. The van der Waals surface area contributed by atoms with Crippen molar-refractivity contribution >= 4 is 34.5 Å². The standard InChI is InChI=1S/C28H28ClFN4O/c29-23-9-5-20(6-10-23)13-16-31-27(35)22-14-17-33(18-15-22)28-32-25-3-1-2-4-26(25)34(28)19-21-7-11-24(30)12-8-21/h1-12,22H,13-19H2,(H,31,35).